The molecule has 0 amide bonds. The SMILES string of the molecule is O=c1[nH]c(Cn2cccc2CO)nc2ccccc12. The normalized spacial score (nSPS) is 11.0. The van der Waals surface area contributed by atoms with Crippen LogP contribution in [0.15, 0.2) is 47.4 Å². The molecule has 3 rings (SSSR count). The van der Waals surface area contributed by atoms with Crippen LogP contribution in [0.1, 0.15) is 11.5 Å². The minimum Gasteiger partial charge on any atom is -0.390 e. The zero-order valence-corrected chi connectivity index (χ0v) is 10.2. The van der Waals surface area contributed by atoms with Crippen LogP contribution in [0.25, 0.3) is 10.9 Å². The van der Waals surface area contributed by atoms with E-state index in [1.807, 2.05) is 41.1 Å². The summed E-state index contributed by atoms with van der Waals surface area (Å²) in [4.78, 5) is 19.1. The van der Waals surface area contributed by atoms with Crippen molar-refractivity contribution in [1.29, 1.82) is 0 Å². The number of aliphatic hydroxyl groups excluding tert-OH is 1. The van der Waals surface area contributed by atoms with Crippen LogP contribution in [0.3, 0.4) is 0 Å². The van der Waals surface area contributed by atoms with Crippen LogP contribution in [-0.4, -0.2) is 19.6 Å². The number of aromatic amines is 1. The van der Waals surface area contributed by atoms with Crippen molar-refractivity contribution < 1.29 is 5.11 Å². The Bertz CT molecular complexity index is 773. The average molecular weight is 255 g/mol. The third-order valence-electron chi connectivity index (χ3n) is 3.07. The Morgan fingerprint density at radius 3 is 2.89 bits per heavy atom. The van der Waals surface area contributed by atoms with Crippen molar-refractivity contribution in [3.63, 3.8) is 0 Å². The number of aliphatic hydroxyl groups is 1. The van der Waals surface area contributed by atoms with Crippen molar-refractivity contribution in [2.45, 2.75) is 13.2 Å². The molecule has 0 saturated heterocycles. The van der Waals surface area contributed by atoms with Gasteiger partial charge in [-0.2, -0.15) is 0 Å². The lowest BCUT2D eigenvalue weighted by molar-refractivity contribution is 0.271. The summed E-state index contributed by atoms with van der Waals surface area (Å²) in [6, 6.07) is 10.9. The summed E-state index contributed by atoms with van der Waals surface area (Å²) >= 11 is 0. The number of nitrogens with zero attached hydrogens (tertiary/aromatic N) is 2. The van der Waals surface area contributed by atoms with Gasteiger partial charge in [-0.15, -0.1) is 0 Å². The number of hydrogen-bond donors (Lipinski definition) is 2. The van der Waals surface area contributed by atoms with Gasteiger partial charge >= 0.3 is 0 Å². The maximum atomic E-state index is 11.9. The number of fused-ring (bicyclic) bond motifs is 1. The fraction of sp³-hybridized carbons (Fsp3) is 0.143. The maximum Gasteiger partial charge on any atom is 0.258 e. The average Bonchev–Trinajstić information content (AvgIpc) is 2.86. The van der Waals surface area contributed by atoms with E-state index in [-0.39, 0.29) is 12.2 Å². The molecule has 0 unspecified atom stereocenters. The highest BCUT2D eigenvalue weighted by molar-refractivity contribution is 5.77. The fourth-order valence-electron chi connectivity index (χ4n) is 2.12. The first-order valence-corrected chi connectivity index (χ1v) is 6.01. The van der Waals surface area contributed by atoms with Crippen LogP contribution in [0, 0.1) is 0 Å². The number of H-pyrrole nitrogens is 1. The number of aromatic nitrogens is 3. The molecule has 96 valence electrons. The topological polar surface area (TPSA) is 70.9 Å². The number of para-hydroxylation sites is 1. The molecule has 0 radical (unpaired) electrons. The fourth-order valence-corrected chi connectivity index (χ4v) is 2.12. The summed E-state index contributed by atoms with van der Waals surface area (Å²) in [6.07, 6.45) is 1.85. The molecule has 5 heteroatoms. The molecule has 0 aliphatic carbocycles. The van der Waals surface area contributed by atoms with Crippen LogP contribution in [0.2, 0.25) is 0 Å². The largest absolute Gasteiger partial charge is 0.390 e. The number of nitrogens with one attached hydrogen (secondary N) is 1. The molecule has 0 aliphatic rings. The Balaban J connectivity index is 2.04. The van der Waals surface area contributed by atoms with Gasteiger partial charge in [-0.3, -0.25) is 4.79 Å². The molecular formula is C14H13N3O2. The molecule has 0 aliphatic heterocycles. The molecule has 2 heterocycles. The molecule has 2 aromatic heterocycles. The standard InChI is InChI=1S/C14H13N3O2/c18-9-10-4-3-7-17(10)8-13-15-12-6-2-1-5-11(12)14(19)16-13/h1-7,18H,8-9H2,(H,15,16,19). The third-order valence-corrected chi connectivity index (χ3v) is 3.07. The van der Waals surface area contributed by atoms with Crippen molar-refractivity contribution in [2.75, 3.05) is 0 Å². The Kier molecular flexibility index (Phi) is 2.89. The second-order valence-corrected chi connectivity index (χ2v) is 4.32. The van der Waals surface area contributed by atoms with Crippen molar-refractivity contribution in [1.82, 2.24) is 14.5 Å². The molecule has 3 aromatic rings. The zero-order valence-electron chi connectivity index (χ0n) is 10.2. The number of rotatable bonds is 3. The molecule has 5 nitrogen and oxygen atoms in total. The summed E-state index contributed by atoms with van der Waals surface area (Å²) in [7, 11) is 0. The van der Waals surface area contributed by atoms with Crippen molar-refractivity contribution in [3.8, 4) is 0 Å². The van der Waals surface area contributed by atoms with Crippen LogP contribution < -0.4 is 5.56 Å². The van der Waals surface area contributed by atoms with Crippen LogP contribution in [-0.2, 0) is 13.2 Å². The third kappa shape index (κ3) is 2.15. The minimum atomic E-state index is -0.140. The van der Waals surface area contributed by atoms with Gasteiger partial charge in [-0.05, 0) is 24.3 Å². The highest BCUT2D eigenvalue weighted by atomic mass is 16.3. The zero-order chi connectivity index (χ0) is 13.2. The highest BCUT2D eigenvalue weighted by Gasteiger charge is 2.05. The summed E-state index contributed by atoms with van der Waals surface area (Å²) < 4.78 is 1.85. The van der Waals surface area contributed by atoms with E-state index in [4.69, 9.17) is 0 Å². The molecule has 1 aromatic carbocycles. The monoisotopic (exact) mass is 255 g/mol. The Hall–Kier alpha value is -2.40. The van der Waals surface area contributed by atoms with E-state index in [0.717, 1.165) is 5.69 Å². The van der Waals surface area contributed by atoms with Gasteiger partial charge in [-0.1, -0.05) is 12.1 Å². The second kappa shape index (κ2) is 4.70. The van der Waals surface area contributed by atoms with Gasteiger partial charge in [-0.25, -0.2) is 4.98 Å². The van der Waals surface area contributed by atoms with Crippen molar-refractivity contribution in [2.24, 2.45) is 0 Å². The maximum absolute atomic E-state index is 11.9. The molecule has 0 fully saturated rings. The van der Waals surface area contributed by atoms with Gasteiger partial charge in [0.25, 0.3) is 5.56 Å². The quantitative estimate of drug-likeness (QED) is 0.740. The lowest BCUT2D eigenvalue weighted by Crippen LogP contribution is -2.15. The van der Waals surface area contributed by atoms with E-state index in [9.17, 15) is 9.90 Å². The smallest absolute Gasteiger partial charge is 0.258 e. The van der Waals surface area contributed by atoms with E-state index in [1.54, 1.807) is 6.07 Å². The van der Waals surface area contributed by atoms with Gasteiger partial charge in [0.1, 0.15) is 5.82 Å². The minimum absolute atomic E-state index is 0.0369. The van der Waals surface area contributed by atoms with Gasteiger partial charge in [0.05, 0.1) is 24.1 Å². The Morgan fingerprint density at radius 1 is 1.21 bits per heavy atom. The van der Waals surface area contributed by atoms with Gasteiger partial charge < -0.3 is 14.7 Å². The first kappa shape index (κ1) is 11.7. The summed E-state index contributed by atoms with van der Waals surface area (Å²) in [5, 5.41) is 9.78. The first-order valence-electron chi connectivity index (χ1n) is 6.01. The Morgan fingerprint density at radius 2 is 2.05 bits per heavy atom. The van der Waals surface area contributed by atoms with E-state index in [0.29, 0.717) is 23.3 Å². The van der Waals surface area contributed by atoms with Gasteiger partial charge in [0.15, 0.2) is 0 Å². The molecule has 0 spiro atoms. The van der Waals surface area contributed by atoms with E-state index in [2.05, 4.69) is 9.97 Å². The predicted molar refractivity (Wildman–Crippen MR) is 71.8 cm³/mol. The summed E-state index contributed by atoms with van der Waals surface area (Å²) in [6.45, 7) is 0.397. The van der Waals surface area contributed by atoms with Crippen LogP contribution in [0.5, 0.6) is 0 Å². The predicted octanol–water partition coefficient (Wildman–Crippen LogP) is 1.27. The summed E-state index contributed by atoms with van der Waals surface area (Å²) in [5.74, 6) is 0.578. The lowest BCUT2D eigenvalue weighted by Gasteiger charge is -2.07. The Labute approximate surface area is 109 Å². The van der Waals surface area contributed by atoms with Gasteiger partial charge in [0, 0.05) is 11.9 Å². The molecule has 0 saturated carbocycles. The molecule has 19 heavy (non-hydrogen) atoms. The second-order valence-electron chi connectivity index (χ2n) is 4.32. The van der Waals surface area contributed by atoms with E-state index in [1.165, 1.54) is 0 Å². The molecule has 0 atom stereocenters. The van der Waals surface area contributed by atoms with E-state index >= 15 is 0 Å². The molecular weight excluding hydrogens is 242 g/mol. The van der Waals surface area contributed by atoms with Crippen molar-refractivity contribution in [3.05, 3.63) is 64.5 Å². The molecule has 0 bridgehead atoms. The molecule has 2 N–H and O–H groups in total. The highest BCUT2D eigenvalue weighted by Crippen LogP contribution is 2.08. The first-order chi connectivity index (χ1) is 9.28. The van der Waals surface area contributed by atoms with E-state index < -0.39 is 0 Å². The lowest BCUT2D eigenvalue weighted by atomic mass is 10.2. The van der Waals surface area contributed by atoms with Crippen molar-refractivity contribution >= 4 is 10.9 Å². The summed E-state index contributed by atoms with van der Waals surface area (Å²) in [5.41, 5.74) is 1.33. The number of hydrogen-bond acceptors (Lipinski definition) is 3. The van der Waals surface area contributed by atoms with Crippen LogP contribution in [0.4, 0.5) is 0 Å². The van der Waals surface area contributed by atoms with Crippen LogP contribution >= 0.6 is 0 Å². The van der Waals surface area contributed by atoms with Gasteiger partial charge in [0.2, 0.25) is 0 Å². The number of benzene rings is 1.